The molecule has 0 aliphatic heterocycles. The molecule has 0 amide bonds. The van der Waals surface area contributed by atoms with Crippen LogP contribution in [-0.2, 0) is 16.0 Å². The van der Waals surface area contributed by atoms with Crippen molar-refractivity contribution >= 4 is 34.8 Å². The number of anilines is 2. The molecule has 26 heavy (non-hydrogen) atoms. The lowest BCUT2D eigenvalue weighted by atomic mass is 10.1. The minimum atomic E-state index is -0.589. The first kappa shape index (κ1) is 19.6. The minimum Gasteiger partial charge on any atom is -0.460 e. The maximum atomic E-state index is 11.7. The van der Waals surface area contributed by atoms with Crippen LogP contribution in [-0.4, -0.2) is 26.5 Å². The Bertz CT molecular complexity index is 803. The lowest BCUT2D eigenvalue weighted by Gasteiger charge is -2.19. The van der Waals surface area contributed by atoms with Gasteiger partial charge in [-0.25, -0.2) is 4.98 Å². The molecule has 0 atom stereocenters. The molecule has 1 N–H and O–H groups in total. The lowest BCUT2D eigenvalue weighted by molar-refractivity contribution is -0.384. The number of carbonyl (C=O) groups excluding carboxylic acids is 1. The minimum absolute atomic E-state index is 0.0107. The van der Waals surface area contributed by atoms with Gasteiger partial charge in [0.15, 0.2) is 0 Å². The Morgan fingerprint density at radius 3 is 2.54 bits per heavy atom. The molecule has 2 rings (SSSR count). The number of carbonyl (C=O) groups is 1. The maximum absolute atomic E-state index is 11.7. The van der Waals surface area contributed by atoms with Gasteiger partial charge >= 0.3 is 11.7 Å². The summed E-state index contributed by atoms with van der Waals surface area (Å²) in [6.07, 6.45) is 1.86. The fourth-order valence-electron chi connectivity index (χ4n) is 2.11. The number of hydrogen-bond acceptors (Lipinski definition) is 7. The number of aryl methyl sites for hydroxylation is 1. The van der Waals surface area contributed by atoms with E-state index in [4.69, 9.17) is 16.3 Å². The summed E-state index contributed by atoms with van der Waals surface area (Å²) in [5, 5.41) is 13.8. The number of esters is 1. The van der Waals surface area contributed by atoms with E-state index in [2.05, 4.69) is 15.3 Å². The number of rotatable bonds is 6. The van der Waals surface area contributed by atoms with Crippen molar-refractivity contribution in [2.75, 3.05) is 5.32 Å². The third kappa shape index (κ3) is 5.96. The van der Waals surface area contributed by atoms with E-state index in [0.29, 0.717) is 12.1 Å². The van der Waals surface area contributed by atoms with E-state index in [0.717, 1.165) is 11.8 Å². The van der Waals surface area contributed by atoms with Gasteiger partial charge in [-0.15, -0.1) is 0 Å². The quantitative estimate of drug-likeness (QED) is 0.349. The van der Waals surface area contributed by atoms with Gasteiger partial charge in [-0.05, 0) is 56.5 Å². The van der Waals surface area contributed by atoms with Gasteiger partial charge in [0, 0.05) is 12.1 Å². The predicted molar refractivity (Wildman–Crippen MR) is 97.6 cm³/mol. The number of ether oxygens (including phenoxy) is 1. The number of nitrogens with one attached hydrogen (secondary N) is 1. The Labute approximate surface area is 155 Å². The summed E-state index contributed by atoms with van der Waals surface area (Å²) in [5.74, 6) is -0.248. The summed E-state index contributed by atoms with van der Waals surface area (Å²) in [6, 6.07) is 7.12. The van der Waals surface area contributed by atoms with Gasteiger partial charge in [-0.1, -0.05) is 12.1 Å². The molecule has 138 valence electrons. The number of nitrogens with zero attached hydrogens (tertiary/aromatic N) is 3. The number of nitro groups is 1. The van der Waals surface area contributed by atoms with Gasteiger partial charge in [0.25, 0.3) is 0 Å². The number of halogens is 1. The third-order valence-electron chi connectivity index (χ3n) is 3.19. The van der Waals surface area contributed by atoms with Gasteiger partial charge in [0.2, 0.25) is 11.1 Å². The first-order chi connectivity index (χ1) is 12.1. The van der Waals surface area contributed by atoms with Crippen LogP contribution in [0.5, 0.6) is 0 Å². The highest BCUT2D eigenvalue weighted by molar-refractivity contribution is 6.28. The normalized spacial score (nSPS) is 11.1. The first-order valence-electron chi connectivity index (χ1n) is 7.89. The number of benzene rings is 1. The molecular formula is C17H19ClN4O4. The second-order valence-corrected chi connectivity index (χ2v) is 6.88. The Morgan fingerprint density at radius 2 is 1.96 bits per heavy atom. The van der Waals surface area contributed by atoms with Crippen LogP contribution in [0.4, 0.5) is 17.2 Å². The predicted octanol–water partition coefficient (Wildman–Crippen LogP) is 4.06. The molecule has 0 saturated heterocycles. The third-order valence-corrected chi connectivity index (χ3v) is 3.37. The van der Waals surface area contributed by atoms with Gasteiger partial charge in [0.05, 0.1) is 4.92 Å². The van der Waals surface area contributed by atoms with E-state index in [1.54, 1.807) is 12.1 Å². The average Bonchev–Trinajstić information content (AvgIpc) is 2.52. The van der Waals surface area contributed by atoms with Crippen molar-refractivity contribution in [3.63, 3.8) is 0 Å². The van der Waals surface area contributed by atoms with Crippen LogP contribution < -0.4 is 5.32 Å². The summed E-state index contributed by atoms with van der Waals surface area (Å²) in [5.41, 5.74) is 0.766. The summed E-state index contributed by atoms with van der Waals surface area (Å²) < 4.78 is 5.27. The largest absolute Gasteiger partial charge is 0.460 e. The standard InChI is InChI=1S/C17H19ClN4O4/c1-17(2,3)26-14(23)9-6-11-4-7-12(8-5-11)20-15-13(22(24)25)10-19-16(18)21-15/h4-5,7-8,10H,6,9H2,1-3H3,(H,19,20,21). The Morgan fingerprint density at radius 1 is 1.31 bits per heavy atom. The lowest BCUT2D eigenvalue weighted by Crippen LogP contribution is -2.23. The number of aromatic nitrogens is 2. The fraction of sp³-hybridized carbons (Fsp3) is 0.353. The molecule has 0 unspecified atom stereocenters. The zero-order valence-electron chi connectivity index (χ0n) is 14.7. The highest BCUT2D eigenvalue weighted by Gasteiger charge is 2.18. The second kappa shape index (κ2) is 8.09. The van der Waals surface area contributed by atoms with Crippen molar-refractivity contribution in [2.45, 2.75) is 39.2 Å². The van der Waals surface area contributed by atoms with E-state index in [1.165, 1.54) is 0 Å². The fourth-order valence-corrected chi connectivity index (χ4v) is 2.24. The van der Waals surface area contributed by atoms with E-state index in [9.17, 15) is 14.9 Å². The molecular weight excluding hydrogens is 360 g/mol. The smallest absolute Gasteiger partial charge is 0.329 e. The molecule has 0 aliphatic rings. The molecule has 0 bridgehead atoms. The number of hydrogen-bond donors (Lipinski definition) is 1. The molecule has 1 aromatic heterocycles. The van der Waals surface area contributed by atoms with Crippen LogP contribution in [0.2, 0.25) is 5.28 Å². The van der Waals surface area contributed by atoms with Crippen molar-refractivity contribution in [1.82, 2.24) is 9.97 Å². The van der Waals surface area contributed by atoms with Gasteiger partial charge < -0.3 is 10.1 Å². The van der Waals surface area contributed by atoms with Gasteiger partial charge in [0.1, 0.15) is 11.8 Å². The van der Waals surface area contributed by atoms with Crippen LogP contribution in [0, 0.1) is 10.1 Å². The van der Waals surface area contributed by atoms with E-state index in [-0.39, 0.29) is 29.2 Å². The Kier molecular flexibility index (Phi) is 6.10. The molecule has 0 aliphatic carbocycles. The zero-order chi connectivity index (χ0) is 19.3. The highest BCUT2D eigenvalue weighted by atomic mass is 35.5. The monoisotopic (exact) mass is 378 g/mol. The molecule has 0 spiro atoms. The average molecular weight is 379 g/mol. The van der Waals surface area contributed by atoms with Crippen LogP contribution >= 0.6 is 11.6 Å². The SMILES string of the molecule is CC(C)(C)OC(=O)CCc1ccc(Nc2nc(Cl)ncc2[N+](=O)[O-])cc1. The summed E-state index contributed by atoms with van der Waals surface area (Å²) in [6.45, 7) is 5.47. The van der Waals surface area contributed by atoms with Crippen molar-refractivity contribution in [2.24, 2.45) is 0 Å². The van der Waals surface area contributed by atoms with Gasteiger partial charge in [-0.3, -0.25) is 14.9 Å². The van der Waals surface area contributed by atoms with Crippen molar-refractivity contribution in [3.8, 4) is 0 Å². The van der Waals surface area contributed by atoms with Crippen molar-refractivity contribution in [3.05, 3.63) is 51.4 Å². The van der Waals surface area contributed by atoms with Crippen LogP contribution in [0.25, 0.3) is 0 Å². The molecule has 2 aromatic rings. The van der Waals surface area contributed by atoms with Crippen LogP contribution in [0.15, 0.2) is 30.5 Å². The summed E-state index contributed by atoms with van der Waals surface area (Å²) in [4.78, 5) is 29.6. The molecule has 0 saturated carbocycles. The topological polar surface area (TPSA) is 107 Å². The summed E-state index contributed by atoms with van der Waals surface area (Å²) in [7, 11) is 0. The van der Waals surface area contributed by atoms with Crippen LogP contribution in [0.1, 0.15) is 32.8 Å². The Balaban J connectivity index is 2.01. The molecule has 1 heterocycles. The summed E-state index contributed by atoms with van der Waals surface area (Å²) >= 11 is 5.70. The Hall–Kier alpha value is -2.74. The van der Waals surface area contributed by atoms with E-state index >= 15 is 0 Å². The molecule has 8 nitrogen and oxygen atoms in total. The highest BCUT2D eigenvalue weighted by Crippen LogP contribution is 2.26. The molecule has 0 fully saturated rings. The van der Waals surface area contributed by atoms with Crippen molar-refractivity contribution in [1.29, 1.82) is 0 Å². The second-order valence-electron chi connectivity index (χ2n) is 6.54. The van der Waals surface area contributed by atoms with E-state index < -0.39 is 10.5 Å². The molecule has 1 aromatic carbocycles. The molecule has 9 heteroatoms. The van der Waals surface area contributed by atoms with Crippen molar-refractivity contribution < 1.29 is 14.5 Å². The van der Waals surface area contributed by atoms with Crippen LogP contribution in [0.3, 0.4) is 0 Å². The molecule has 0 radical (unpaired) electrons. The maximum Gasteiger partial charge on any atom is 0.329 e. The zero-order valence-corrected chi connectivity index (χ0v) is 15.4. The van der Waals surface area contributed by atoms with Gasteiger partial charge in [-0.2, -0.15) is 4.98 Å². The first-order valence-corrected chi connectivity index (χ1v) is 8.26. The van der Waals surface area contributed by atoms with E-state index in [1.807, 2.05) is 32.9 Å².